The van der Waals surface area contributed by atoms with Gasteiger partial charge in [-0.2, -0.15) is 5.26 Å². The first-order chi connectivity index (χ1) is 10.2. The first kappa shape index (κ1) is 15.0. The quantitative estimate of drug-likeness (QED) is 0.853. The van der Waals surface area contributed by atoms with E-state index in [1.807, 2.05) is 6.07 Å². The van der Waals surface area contributed by atoms with Crippen molar-refractivity contribution in [3.63, 3.8) is 0 Å². The first-order valence-corrected chi connectivity index (χ1v) is 6.96. The van der Waals surface area contributed by atoms with Crippen LogP contribution < -0.4 is 10.6 Å². The Hall–Kier alpha value is -2.39. The lowest BCUT2D eigenvalue weighted by atomic mass is 10.2. The number of hydrogen-bond acceptors (Lipinski definition) is 4. The van der Waals surface area contributed by atoms with E-state index in [4.69, 9.17) is 5.26 Å². The fourth-order valence-corrected chi connectivity index (χ4v) is 2.19. The second kappa shape index (κ2) is 7.41. The van der Waals surface area contributed by atoms with Gasteiger partial charge in [0.05, 0.1) is 11.6 Å². The fourth-order valence-electron chi connectivity index (χ4n) is 2.19. The highest BCUT2D eigenvalue weighted by molar-refractivity contribution is 5.91. The zero-order valence-corrected chi connectivity index (χ0v) is 11.8. The summed E-state index contributed by atoms with van der Waals surface area (Å²) < 4.78 is 0. The third-order valence-electron chi connectivity index (χ3n) is 3.34. The SMILES string of the molecule is N#Cc1cccc(NC(=O)CCN2CCNC(=O)CC2)c1. The predicted molar refractivity (Wildman–Crippen MR) is 78.5 cm³/mol. The van der Waals surface area contributed by atoms with Crippen LogP contribution in [0.5, 0.6) is 0 Å². The van der Waals surface area contributed by atoms with Crippen LogP contribution in [-0.4, -0.2) is 42.9 Å². The van der Waals surface area contributed by atoms with E-state index in [-0.39, 0.29) is 11.8 Å². The Kier molecular flexibility index (Phi) is 5.29. The molecule has 1 saturated heterocycles. The zero-order chi connectivity index (χ0) is 15.1. The van der Waals surface area contributed by atoms with Crippen molar-refractivity contribution in [1.82, 2.24) is 10.2 Å². The van der Waals surface area contributed by atoms with Crippen LogP contribution in [0.25, 0.3) is 0 Å². The molecule has 0 radical (unpaired) electrons. The zero-order valence-electron chi connectivity index (χ0n) is 11.8. The monoisotopic (exact) mass is 286 g/mol. The third-order valence-corrected chi connectivity index (χ3v) is 3.34. The van der Waals surface area contributed by atoms with Crippen LogP contribution in [0, 0.1) is 11.3 Å². The van der Waals surface area contributed by atoms with Gasteiger partial charge in [0.2, 0.25) is 11.8 Å². The minimum Gasteiger partial charge on any atom is -0.355 e. The highest BCUT2D eigenvalue weighted by atomic mass is 16.2. The molecule has 21 heavy (non-hydrogen) atoms. The van der Waals surface area contributed by atoms with Crippen molar-refractivity contribution in [2.45, 2.75) is 12.8 Å². The molecule has 0 unspecified atom stereocenters. The third kappa shape index (κ3) is 4.89. The summed E-state index contributed by atoms with van der Waals surface area (Å²) >= 11 is 0. The molecule has 1 aliphatic heterocycles. The number of carbonyl (C=O) groups is 2. The molecular formula is C15H18N4O2. The summed E-state index contributed by atoms with van der Waals surface area (Å²) in [6, 6.07) is 8.87. The summed E-state index contributed by atoms with van der Waals surface area (Å²) in [5, 5.41) is 14.4. The van der Waals surface area contributed by atoms with Gasteiger partial charge in [0, 0.05) is 44.7 Å². The van der Waals surface area contributed by atoms with Gasteiger partial charge in [-0.15, -0.1) is 0 Å². The van der Waals surface area contributed by atoms with Crippen molar-refractivity contribution in [2.75, 3.05) is 31.5 Å². The van der Waals surface area contributed by atoms with Crippen molar-refractivity contribution in [3.05, 3.63) is 29.8 Å². The van der Waals surface area contributed by atoms with Crippen molar-refractivity contribution < 1.29 is 9.59 Å². The number of nitriles is 1. The number of nitrogens with zero attached hydrogens (tertiary/aromatic N) is 2. The van der Waals surface area contributed by atoms with Crippen LogP contribution in [-0.2, 0) is 9.59 Å². The van der Waals surface area contributed by atoms with E-state index < -0.39 is 0 Å². The molecule has 1 fully saturated rings. The number of carbonyl (C=O) groups excluding carboxylic acids is 2. The lowest BCUT2D eigenvalue weighted by molar-refractivity contribution is -0.120. The molecule has 6 heteroatoms. The fraction of sp³-hybridized carbons (Fsp3) is 0.400. The number of rotatable bonds is 4. The van der Waals surface area contributed by atoms with Gasteiger partial charge in [-0.3, -0.25) is 9.59 Å². The molecule has 0 atom stereocenters. The lowest BCUT2D eigenvalue weighted by Crippen LogP contribution is -2.31. The van der Waals surface area contributed by atoms with Crippen LogP contribution in [0.2, 0.25) is 0 Å². The van der Waals surface area contributed by atoms with Crippen LogP contribution in [0.15, 0.2) is 24.3 Å². The number of hydrogen-bond donors (Lipinski definition) is 2. The van der Waals surface area contributed by atoms with Gasteiger partial charge >= 0.3 is 0 Å². The lowest BCUT2D eigenvalue weighted by Gasteiger charge is -2.18. The Bertz CT molecular complexity index is 565. The van der Waals surface area contributed by atoms with Crippen LogP contribution >= 0.6 is 0 Å². The number of nitrogens with one attached hydrogen (secondary N) is 2. The summed E-state index contributed by atoms with van der Waals surface area (Å²) in [4.78, 5) is 25.2. The molecule has 2 amide bonds. The van der Waals surface area contributed by atoms with Gasteiger partial charge in [-0.1, -0.05) is 6.07 Å². The van der Waals surface area contributed by atoms with Crippen molar-refractivity contribution in [3.8, 4) is 6.07 Å². The highest BCUT2D eigenvalue weighted by Crippen LogP contribution is 2.10. The van der Waals surface area contributed by atoms with Gasteiger partial charge in [0.15, 0.2) is 0 Å². The summed E-state index contributed by atoms with van der Waals surface area (Å²) in [6.45, 7) is 2.70. The molecule has 2 N–H and O–H groups in total. The van der Waals surface area contributed by atoms with Gasteiger partial charge < -0.3 is 15.5 Å². The maximum atomic E-state index is 11.9. The van der Waals surface area contributed by atoms with E-state index >= 15 is 0 Å². The molecule has 0 saturated carbocycles. The minimum atomic E-state index is -0.0892. The Labute approximate surface area is 123 Å². The van der Waals surface area contributed by atoms with E-state index in [0.29, 0.717) is 43.7 Å². The van der Waals surface area contributed by atoms with Crippen LogP contribution in [0.4, 0.5) is 5.69 Å². The van der Waals surface area contributed by atoms with Crippen LogP contribution in [0.3, 0.4) is 0 Å². The normalized spacial score (nSPS) is 15.7. The molecule has 0 aliphatic carbocycles. The summed E-state index contributed by atoms with van der Waals surface area (Å²) in [6.07, 6.45) is 0.844. The largest absolute Gasteiger partial charge is 0.355 e. The summed E-state index contributed by atoms with van der Waals surface area (Å²) in [5.41, 5.74) is 1.15. The highest BCUT2D eigenvalue weighted by Gasteiger charge is 2.14. The van der Waals surface area contributed by atoms with Crippen LogP contribution in [0.1, 0.15) is 18.4 Å². The number of benzene rings is 1. The Balaban J connectivity index is 1.79. The van der Waals surface area contributed by atoms with E-state index in [9.17, 15) is 9.59 Å². The second-order valence-electron chi connectivity index (χ2n) is 4.93. The summed E-state index contributed by atoms with van der Waals surface area (Å²) in [7, 11) is 0. The Morgan fingerprint density at radius 3 is 3.10 bits per heavy atom. The smallest absolute Gasteiger partial charge is 0.225 e. The number of anilines is 1. The molecule has 6 nitrogen and oxygen atoms in total. The van der Waals surface area contributed by atoms with Gasteiger partial charge in [0.25, 0.3) is 0 Å². The average molecular weight is 286 g/mol. The number of amides is 2. The second-order valence-corrected chi connectivity index (χ2v) is 4.93. The molecule has 110 valence electrons. The van der Waals surface area contributed by atoms with Crippen molar-refractivity contribution in [2.24, 2.45) is 0 Å². The topological polar surface area (TPSA) is 85.2 Å². The molecule has 1 aliphatic rings. The van der Waals surface area contributed by atoms with E-state index in [1.165, 1.54) is 0 Å². The standard InChI is InChI=1S/C15H18N4O2/c16-11-12-2-1-3-13(10-12)18-15(21)5-8-19-7-4-14(20)17-6-9-19/h1-3,10H,4-9H2,(H,17,20)(H,18,21). The van der Waals surface area contributed by atoms with E-state index in [0.717, 1.165) is 6.54 Å². The molecule has 0 spiro atoms. The molecule has 0 aromatic heterocycles. The minimum absolute atomic E-state index is 0.0651. The maximum absolute atomic E-state index is 11.9. The predicted octanol–water partition coefficient (Wildman–Crippen LogP) is 0.709. The Morgan fingerprint density at radius 1 is 1.43 bits per heavy atom. The molecule has 1 heterocycles. The van der Waals surface area contributed by atoms with E-state index in [1.54, 1.807) is 24.3 Å². The maximum Gasteiger partial charge on any atom is 0.225 e. The van der Waals surface area contributed by atoms with Gasteiger partial charge in [-0.25, -0.2) is 0 Å². The van der Waals surface area contributed by atoms with Crippen molar-refractivity contribution >= 4 is 17.5 Å². The van der Waals surface area contributed by atoms with E-state index in [2.05, 4.69) is 15.5 Å². The summed E-state index contributed by atoms with van der Waals surface area (Å²) in [5.74, 6) is -0.0242. The first-order valence-electron chi connectivity index (χ1n) is 6.96. The molecular weight excluding hydrogens is 268 g/mol. The van der Waals surface area contributed by atoms with Gasteiger partial charge in [-0.05, 0) is 18.2 Å². The Morgan fingerprint density at radius 2 is 2.29 bits per heavy atom. The molecule has 1 aromatic rings. The van der Waals surface area contributed by atoms with Crippen molar-refractivity contribution in [1.29, 1.82) is 5.26 Å². The molecule has 1 aromatic carbocycles. The average Bonchev–Trinajstić information content (AvgIpc) is 2.70. The van der Waals surface area contributed by atoms with Gasteiger partial charge in [0.1, 0.15) is 0 Å². The molecule has 2 rings (SSSR count). The molecule has 0 bridgehead atoms.